The summed E-state index contributed by atoms with van der Waals surface area (Å²) >= 11 is 0. The summed E-state index contributed by atoms with van der Waals surface area (Å²) in [6.07, 6.45) is 9.53. The van der Waals surface area contributed by atoms with Crippen LogP contribution in [-0.2, 0) is 16.1 Å². The lowest BCUT2D eigenvalue weighted by molar-refractivity contribution is -0.133. The highest BCUT2D eigenvalue weighted by Gasteiger charge is 2.26. The van der Waals surface area contributed by atoms with Gasteiger partial charge in [0.05, 0.1) is 24.3 Å². The number of piperazine rings is 1. The number of benzene rings is 2. The summed E-state index contributed by atoms with van der Waals surface area (Å²) in [7, 11) is 0. The van der Waals surface area contributed by atoms with E-state index in [1.165, 1.54) is 49.8 Å². The zero-order valence-corrected chi connectivity index (χ0v) is 22.7. The number of anilines is 1. The summed E-state index contributed by atoms with van der Waals surface area (Å²) in [5, 5.41) is 9.11. The van der Waals surface area contributed by atoms with E-state index in [9.17, 15) is 4.79 Å². The second-order valence-corrected chi connectivity index (χ2v) is 11.3. The van der Waals surface area contributed by atoms with E-state index < -0.39 is 0 Å². The van der Waals surface area contributed by atoms with E-state index in [0.29, 0.717) is 24.5 Å². The Morgan fingerprint density at radius 1 is 0.947 bits per heavy atom. The second-order valence-electron chi connectivity index (χ2n) is 11.3. The number of amides is 1. The zero-order valence-electron chi connectivity index (χ0n) is 22.7. The van der Waals surface area contributed by atoms with Crippen molar-refractivity contribution in [3.63, 3.8) is 0 Å². The lowest BCUT2D eigenvalue weighted by Crippen LogP contribution is -2.49. The normalized spacial score (nSPS) is 19.6. The van der Waals surface area contributed by atoms with Gasteiger partial charge in [0.15, 0.2) is 0 Å². The van der Waals surface area contributed by atoms with Crippen molar-refractivity contribution in [1.82, 2.24) is 9.80 Å². The number of nitriles is 1. The fourth-order valence-corrected chi connectivity index (χ4v) is 6.22. The van der Waals surface area contributed by atoms with Crippen LogP contribution in [0.2, 0.25) is 0 Å². The van der Waals surface area contributed by atoms with Crippen molar-refractivity contribution < 1.29 is 9.53 Å². The van der Waals surface area contributed by atoms with Gasteiger partial charge in [-0.25, -0.2) is 0 Å². The van der Waals surface area contributed by atoms with Crippen LogP contribution in [0.3, 0.4) is 0 Å². The Morgan fingerprint density at radius 3 is 2.39 bits per heavy atom. The molecule has 2 aromatic carbocycles. The monoisotopic (exact) mass is 514 g/mol. The molecule has 6 nitrogen and oxygen atoms in total. The number of hydrogen-bond acceptors (Lipinski definition) is 5. The molecule has 202 valence electrons. The molecular formula is C32H42N4O2. The van der Waals surface area contributed by atoms with Crippen LogP contribution < -0.4 is 4.90 Å². The molecule has 2 aliphatic heterocycles. The average molecular weight is 515 g/mol. The molecule has 0 N–H and O–H groups in total. The first-order valence-corrected chi connectivity index (χ1v) is 14.6. The number of nitrogens with zero attached hydrogens (tertiary/aromatic N) is 4. The molecule has 1 atom stereocenters. The Labute approximate surface area is 228 Å². The molecule has 0 spiro atoms. The van der Waals surface area contributed by atoms with Crippen molar-refractivity contribution in [3.05, 3.63) is 65.2 Å². The van der Waals surface area contributed by atoms with E-state index in [4.69, 9.17) is 10.00 Å². The van der Waals surface area contributed by atoms with E-state index >= 15 is 0 Å². The maximum atomic E-state index is 12.8. The van der Waals surface area contributed by atoms with Crippen molar-refractivity contribution in [2.75, 3.05) is 50.7 Å². The maximum absolute atomic E-state index is 12.8. The fraction of sp³-hybridized carbons (Fsp3) is 0.562. The predicted molar refractivity (Wildman–Crippen MR) is 151 cm³/mol. The number of rotatable bonds is 10. The van der Waals surface area contributed by atoms with Gasteiger partial charge in [-0.3, -0.25) is 9.69 Å². The summed E-state index contributed by atoms with van der Waals surface area (Å²) in [4.78, 5) is 19.8. The largest absolute Gasteiger partial charge is 0.372 e. The Morgan fingerprint density at radius 2 is 1.68 bits per heavy atom. The maximum Gasteiger partial charge on any atom is 0.222 e. The first kappa shape index (κ1) is 26.7. The van der Waals surface area contributed by atoms with Gasteiger partial charge in [0.1, 0.15) is 0 Å². The van der Waals surface area contributed by atoms with E-state index in [1.807, 2.05) is 24.3 Å². The minimum absolute atomic E-state index is 0.0576. The van der Waals surface area contributed by atoms with E-state index in [0.717, 1.165) is 63.7 Å². The lowest BCUT2D eigenvalue weighted by atomic mass is 10.0. The third-order valence-electron chi connectivity index (χ3n) is 8.64. The third-order valence-corrected chi connectivity index (χ3v) is 8.64. The van der Waals surface area contributed by atoms with Gasteiger partial charge in [-0.2, -0.15) is 5.26 Å². The quantitative estimate of drug-likeness (QED) is 0.417. The van der Waals surface area contributed by atoms with Crippen LogP contribution in [0.1, 0.15) is 74.2 Å². The SMILES string of the molecule is N#Cc1ccc(COC(CN2CCN(C(=O)CCC3CCCC3)CC2)c2cccc(N3CCCC3)c2)cc1. The summed E-state index contributed by atoms with van der Waals surface area (Å²) in [5.41, 5.74) is 4.23. The topological polar surface area (TPSA) is 59.8 Å². The molecule has 3 fully saturated rings. The molecule has 0 aromatic heterocycles. The van der Waals surface area contributed by atoms with Crippen LogP contribution in [0, 0.1) is 17.2 Å². The number of hydrogen-bond donors (Lipinski definition) is 0. The summed E-state index contributed by atoms with van der Waals surface area (Å²) in [5.74, 6) is 1.11. The standard InChI is InChI=1S/C32H42N4O2/c33-23-27-10-12-28(13-11-27)25-38-31(29-8-5-9-30(22-29)35-16-3-4-17-35)24-34-18-20-36(21-19-34)32(37)15-14-26-6-1-2-7-26/h5,8-13,22,26,31H,1-4,6-7,14-21,24-25H2. The Hall–Kier alpha value is -2.88. The molecular weight excluding hydrogens is 472 g/mol. The first-order valence-electron chi connectivity index (χ1n) is 14.6. The molecule has 2 saturated heterocycles. The minimum atomic E-state index is -0.0576. The first-order chi connectivity index (χ1) is 18.7. The Bertz CT molecular complexity index is 1080. The van der Waals surface area contributed by atoms with E-state index in [-0.39, 0.29) is 6.10 Å². The highest BCUT2D eigenvalue weighted by molar-refractivity contribution is 5.76. The molecule has 2 aromatic rings. The smallest absolute Gasteiger partial charge is 0.222 e. The lowest BCUT2D eigenvalue weighted by Gasteiger charge is -2.37. The van der Waals surface area contributed by atoms with Gasteiger partial charge >= 0.3 is 0 Å². The van der Waals surface area contributed by atoms with Crippen LogP contribution in [0.15, 0.2) is 48.5 Å². The Balaban J connectivity index is 1.20. The van der Waals surface area contributed by atoms with Gasteiger partial charge in [-0.1, -0.05) is 49.9 Å². The van der Waals surface area contributed by atoms with Crippen molar-refractivity contribution in [1.29, 1.82) is 5.26 Å². The van der Waals surface area contributed by atoms with Gasteiger partial charge in [0.2, 0.25) is 5.91 Å². The van der Waals surface area contributed by atoms with Gasteiger partial charge < -0.3 is 14.5 Å². The molecule has 1 aliphatic carbocycles. The van der Waals surface area contributed by atoms with Crippen molar-refractivity contribution in [2.45, 2.75) is 64.1 Å². The van der Waals surface area contributed by atoms with Gasteiger partial charge in [-0.15, -0.1) is 0 Å². The molecule has 5 rings (SSSR count). The predicted octanol–water partition coefficient (Wildman–Crippen LogP) is 5.53. The van der Waals surface area contributed by atoms with Gasteiger partial charge in [0, 0.05) is 57.9 Å². The highest BCUT2D eigenvalue weighted by Crippen LogP contribution is 2.30. The summed E-state index contributed by atoms with van der Waals surface area (Å²) in [6.45, 7) is 6.94. The molecule has 38 heavy (non-hydrogen) atoms. The van der Waals surface area contributed by atoms with Crippen LogP contribution in [-0.4, -0.2) is 61.5 Å². The van der Waals surface area contributed by atoms with Crippen LogP contribution >= 0.6 is 0 Å². The number of ether oxygens (including phenoxy) is 1. The minimum Gasteiger partial charge on any atom is -0.372 e. The Kier molecular flexibility index (Phi) is 9.33. The highest BCUT2D eigenvalue weighted by atomic mass is 16.5. The second kappa shape index (κ2) is 13.3. The molecule has 1 amide bonds. The van der Waals surface area contributed by atoms with Gasteiger partial charge in [-0.05, 0) is 60.6 Å². The van der Waals surface area contributed by atoms with E-state index in [1.54, 1.807) is 0 Å². The molecule has 3 aliphatic rings. The molecule has 0 radical (unpaired) electrons. The van der Waals surface area contributed by atoms with Crippen LogP contribution in [0.5, 0.6) is 0 Å². The van der Waals surface area contributed by atoms with E-state index in [2.05, 4.69) is 45.0 Å². The summed E-state index contributed by atoms with van der Waals surface area (Å²) < 4.78 is 6.55. The molecule has 1 saturated carbocycles. The van der Waals surface area contributed by atoms with Gasteiger partial charge in [0.25, 0.3) is 0 Å². The molecule has 6 heteroatoms. The average Bonchev–Trinajstić information content (AvgIpc) is 3.70. The van der Waals surface area contributed by atoms with Crippen molar-refractivity contribution in [3.8, 4) is 6.07 Å². The number of carbonyl (C=O) groups excluding carboxylic acids is 1. The van der Waals surface area contributed by atoms with Crippen LogP contribution in [0.25, 0.3) is 0 Å². The summed E-state index contributed by atoms with van der Waals surface area (Å²) in [6, 6.07) is 18.7. The molecule has 2 heterocycles. The molecule has 0 bridgehead atoms. The van der Waals surface area contributed by atoms with Crippen molar-refractivity contribution >= 4 is 11.6 Å². The van der Waals surface area contributed by atoms with Crippen LogP contribution in [0.4, 0.5) is 5.69 Å². The fourth-order valence-electron chi connectivity index (χ4n) is 6.22. The van der Waals surface area contributed by atoms with Crippen molar-refractivity contribution in [2.24, 2.45) is 5.92 Å². The molecule has 1 unspecified atom stereocenters. The number of carbonyl (C=O) groups is 1. The zero-order chi connectivity index (χ0) is 26.2. The third kappa shape index (κ3) is 7.15.